The lowest BCUT2D eigenvalue weighted by atomic mass is 10.2. The highest BCUT2D eigenvalue weighted by molar-refractivity contribution is 7.98. The molecule has 0 saturated carbocycles. The Morgan fingerprint density at radius 2 is 2.00 bits per heavy atom. The van der Waals surface area contributed by atoms with Crippen LogP contribution in [-0.4, -0.2) is 44.1 Å². The highest BCUT2D eigenvalue weighted by Crippen LogP contribution is 2.30. The summed E-state index contributed by atoms with van der Waals surface area (Å²) in [6, 6.07) is 13.4. The summed E-state index contributed by atoms with van der Waals surface area (Å²) in [4.78, 5) is 4.49. The van der Waals surface area contributed by atoms with E-state index in [1.165, 1.54) is 11.8 Å². The summed E-state index contributed by atoms with van der Waals surface area (Å²) in [5.74, 6) is 2.76. The molecule has 0 aliphatic heterocycles. The van der Waals surface area contributed by atoms with Crippen molar-refractivity contribution in [1.82, 2.24) is 30.3 Å². The molecular formula is C20H20N6O3S. The van der Waals surface area contributed by atoms with Crippen molar-refractivity contribution in [3.63, 3.8) is 0 Å². The summed E-state index contributed by atoms with van der Waals surface area (Å²) in [5, 5.41) is 16.7. The number of hydrogen-bond donors (Lipinski definition) is 0. The summed E-state index contributed by atoms with van der Waals surface area (Å²) in [6.45, 7) is 4.49. The normalized spacial score (nSPS) is 10.9. The highest BCUT2D eigenvalue weighted by Gasteiger charge is 2.17. The predicted molar refractivity (Wildman–Crippen MR) is 111 cm³/mol. The maximum absolute atomic E-state index is 5.65. The predicted octanol–water partition coefficient (Wildman–Crippen LogP) is 3.72. The van der Waals surface area contributed by atoms with Gasteiger partial charge in [-0.15, -0.1) is 5.10 Å². The minimum absolute atomic E-state index is 0.415. The van der Waals surface area contributed by atoms with E-state index in [-0.39, 0.29) is 0 Å². The lowest BCUT2D eigenvalue weighted by molar-refractivity contribution is 0.341. The quantitative estimate of drug-likeness (QED) is 0.392. The molecule has 0 amide bonds. The Morgan fingerprint density at radius 1 is 1.13 bits per heavy atom. The van der Waals surface area contributed by atoms with Gasteiger partial charge in [-0.3, -0.25) is 0 Å². The molecule has 0 aliphatic carbocycles. The van der Waals surface area contributed by atoms with Crippen molar-refractivity contribution in [2.45, 2.75) is 24.8 Å². The zero-order valence-electron chi connectivity index (χ0n) is 16.8. The zero-order valence-corrected chi connectivity index (χ0v) is 17.6. The van der Waals surface area contributed by atoms with Crippen molar-refractivity contribution in [1.29, 1.82) is 0 Å². The van der Waals surface area contributed by atoms with Gasteiger partial charge in [0.2, 0.25) is 16.9 Å². The van der Waals surface area contributed by atoms with E-state index >= 15 is 0 Å². The van der Waals surface area contributed by atoms with Crippen LogP contribution in [0.4, 0.5) is 0 Å². The maximum Gasteiger partial charge on any atom is 0.237 e. The summed E-state index contributed by atoms with van der Waals surface area (Å²) in [7, 11) is 1.62. The fourth-order valence-electron chi connectivity index (χ4n) is 2.87. The largest absolute Gasteiger partial charge is 0.494 e. The van der Waals surface area contributed by atoms with Crippen molar-refractivity contribution in [2.75, 3.05) is 13.7 Å². The molecule has 0 saturated heterocycles. The van der Waals surface area contributed by atoms with E-state index in [1.54, 1.807) is 11.8 Å². The number of aryl methyl sites for hydroxylation is 1. The molecule has 0 N–H and O–H groups in total. The van der Waals surface area contributed by atoms with Crippen LogP contribution in [0.1, 0.15) is 18.4 Å². The van der Waals surface area contributed by atoms with Crippen molar-refractivity contribution in [2.24, 2.45) is 0 Å². The number of tetrazole rings is 1. The summed E-state index contributed by atoms with van der Waals surface area (Å²) < 4.78 is 18.2. The topological polar surface area (TPSA) is 101 Å². The molecule has 0 fully saturated rings. The number of thioether (sulfide) groups is 1. The molecule has 30 heavy (non-hydrogen) atoms. The molecule has 2 aromatic heterocycles. The Balaban J connectivity index is 1.53. The van der Waals surface area contributed by atoms with E-state index in [2.05, 4.69) is 25.7 Å². The van der Waals surface area contributed by atoms with E-state index in [1.807, 2.05) is 56.3 Å². The van der Waals surface area contributed by atoms with E-state index in [0.717, 1.165) is 22.6 Å². The van der Waals surface area contributed by atoms with Crippen LogP contribution in [0.15, 0.2) is 52.1 Å². The molecule has 2 heterocycles. The average Bonchev–Trinajstić information content (AvgIpc) is 3.42. The molecule has 154 valence electrons. The van der Waals surface area contributed by atoms with Crippen LogP contribution < -0.4 is 9.47 Å². The van der Waals surface area contributed by atoms with Crippen LogP contribution in [-0.2, 0) is 5.75 Å². The van der Waals surface area contributed by atoms with Gasteiger partial charge in [0.15, 0.2) is 0 Å². The number of rotatable bonds is 8. The third kappa shape index (κ3) is 4.13. The van der Waals surface area contributed by atoms with Crippen molar-refractivity contribution < 1.29 is 14.0 Å². The van der Waals surface area contributed by atoms with Gasteiger partial charge in [-0.25, -0.2) is 0 Å². The third-order valence-electron chi connectivity index (χ3n) is 4.22. The highest BCUT2D eigenvalue weighted by atomic mass is 32.2. The first-order valence-corrected chi connectivity index (χ1v) is 10.3. The van der Waals surface area contributed by atoms with Crippen LogP contribution in [0.5, 0.6) is 11.5 Å². The fraction of sp³-hybridized carbons (Fsp3) is 0.250. The Hall–Kier alpha value is -3.40. The first-order valence-electron chi connectivity index (χ1n) is 9.30. The molecule has 0 unspecified atom stereocenters. The van der Waals surface area contributed by atoms with Crippen LogP contribution in [0, 0.1) is 6.92 Å². The molecule has 0 spiro atoms. The van der Waals surface area contributed by atoms with Crippen molar-refractivity contribution in [3.8, 4) is 28.6 Å². The lowest BCUT2D eigenvalue weighted by Crippen LogP contribution is -2.02. The SMILES string of the molecule is CCOc1ccccc1-c1noc(CSc2nnnn2-c2cc(C)ccc2OC)n1. The average molecular weight is 424 g/mol. The molecule has 2 aromatic carbocycles. The Bertz CT molecular complexity index is 1140. The van der Waals surface area contributed by atoms with Gasteiger partial charge in [0.05, 0.1) is 25.0 Å². The molecule has 0 atom stereocenters. The van der Waals surface area contributed by atoms with Crippen LogP contribution in [0.2, 0.25) is 0 Å². The smallest absolute Gasteiger partial charge is 0.237 e. The van der Waals surface area contributed by atoms with Gasteiger partial charge >= 0.3 is 0 Å². The van der Waals surface area contributed by atoms with Crippen LogP contribution >= 0.6 is 11.8 Å². The summed E-state index contributed by atoms with van der Waals surface area (Å²) >= 11 is 1.39. The van der Waals surface area contributed by atoms with Gasteiger partial charge in [-0.05, 0) is 54.1 Å². The standard InChI is InChI=1S/C20H20N6O3S/c1-4-28-16-8-6-5-7-14(16)19-21-18(29-23-19)12-30-20-22-24-25-26(20)15-11-13(2)9-10-17(15)27-3/h5-11H,4,12H2,1-3H3. The molecular weight excluding hydrogens is 404 g/mol. The van der Waals surface area contributed by atoms with E-state index in [4.69, 9.17) is 14.0 Å². The monoisotopic (exact) mass is 424 g/mol. The van der Waals surface area contributed by atoms with E-state index in [9.17, 15) is 0 Å². The number of aromatic nitrogens is 6. The second-order valence-corrected chi connectivity index (χ2v) is 7.22. The Labute approximate surface area is 177 Å². The molecule has 9 nitrogen and oxygen atoms in total. The first-order chi connectivity index (χ1) is 14.7. The van der Waals surface area contributed by atoms with Gasteiger partial charge in [0.25, 0.3) is 0 Å². The lowest BCUT2D eigenvalue weighted by Gasteiger charge is -2.09. The Kier molecular flexibility index (Phi) is 5.94. The van der Waals surface area contributed by atoms with E-state index < -0.39 is 0 Å². The number of ether oxygens (including phenoxy) is 2. The van der Waals surface area contributed by atoms with E-state index in [0.29, 0.717) is 35.0 Å². The first kappa shape index (κ1) is 19.9. The summed E-state index contributed by atoms with van der Waals surface area (Å²) in [5.41, 5.74) is 2.63. The second-order valence-electron chi connectivity index (χ2n) is 6.28. The number of methoxy groups -OCH3 is 1. The Morgan fingerprint density at radius 3 is 2.83 bits per heavy atom. The molecule has 10 heteroatoms. The van der Waals surface area contributed by atoms with Gasteiger partial charge in [-0.1, -0.05) is 35.1 Å². The number of benzene rings is 2. The molecule has 0 radical (unpaired) electrons. The number of hydrogen-bond acceptors (Lipinski definition) is 9. The van der Waals surface area contributed by atoms with Gasteiger partial charge in [0, 0.05) is 0 Å². The van der Waals surface area contributed by atoms with Crippen molar-refractivity contribution >= 4 is 11.8 Å². The maximum atomic E-state index is 5.65. The molecule has 4 rings (SSSR count). The minimum atomic E-state index is 0.415. The van der Waals surface area contributed by atoms with Gasteiger partial charge in [-0.2, -0.15) is 9.67 Å². The third-order valence-corrected chi connectivity index (χ3v) is 5.13. The molecule has 0 bridgehead atoms. The summed E-state index contributed by atoms with van der Waals surface area (Å²) in [6.07, 6.45) is 0. The van der Waals surface area contributed by atoms with Gasteiger partial charge in [0.1, 0.15) is 17.2 Å². The second kappa shape index (κ2) is 8.95. The van der Waals surface area contributed by atoms with Crippen molar-refractivity contribution in [3.05, 3.63) is 53.9 Å². The molecule has 0 aliphatic rings. The minimum Gasteiger partial charge on any atom is -0.494 e. The van der Waals surface area contributed by atoms with Crippen LogP contribution in [0.3, 0.4) is 0 Å². The van der Waals surface area contributed by atoms with Crippen LogP contribution in [0.25, 0.3) is 17.1 Å². The van der Waals surface area contributed by atoms with Gasteiger partial charge < -0.3 is 14.0 Å². The zero-order chi connectivity index (χ0) is 20.9. The number of para-hydroxylation sites is 1. The fourth-order valence-corrected chi connectivity index (χ4v) is 3.59. The molecule has 4 aromatic rings. The number of nitrogens with zero attached hydrogens (tertiary/aromatic N) is 6.